The first-order chi connectivity index (χ1) is 7.72. The number of hydrogen-bond acceptors (Lipinski definition) is 3. The van der Waals surface area contributed by atoms with Crippen LogP contribution in [0.2, 0.25) is 5.15 Å². The van der Waals surface area contributed by atoms with Gasteiger partial charge in [-0.05, 0) is 18.6 Å². The van der Waals surface area contributed by atoms with Crippen molar-refractivity contribution < 1.29 is 9.53 Å². The van der Waals surface area contributed by atoms with Gasteiger partial charge in [0.25, 0.3) is 0 Å². The Morgan fingerprint density at radius 2 is 2.38 bits per heavy atom. The number of nitrogens with one attached hydrogen (secondary N) is 1. The number of pyridine rings is 1. The minimum atomic E-state index is -0.0848. The molecular weight excluding hydrogens is 228 g/mol. The Balaban J connectivity index is 2.29. The first kappa shape index (κ1) is 12.9. The van der Waals surface area contributed by atoms with Crippen LogP contribution < -0.4 is 5.32 Å². The van der Waals surface area contributed by atoms with Crippen molar-refractivity contribution in [1.82, 2.24) is 4.98 Å². The van der Waals surface area contributed by atoms with E-state index < -0.39 is 0 Å². The predicted octanol–water partition coefficient (Wildman–Crippen LogP) is 2.49. The summed E-state index contributed by atoms with van der Waals surface area (Å²) >= 11 is 5.69. The number of aromatic nitrogens is 1. The third-order valence-corrected chi connectivity index (χ3v) is 2.04. The molecule has 0 aliphatic heterocycles. The summed E-state index contributed by atoms with van der Waals surface area (Å²) in [5, 5.41) is 3.08. The van der Waals surface area contributed by atoms with E-state index in [2.05, 4.69) is 10.3 Å². The lowest BCUT2D eigenvalue weighted by Gasteiger charge is -2.05. The molecule has 0 aliphatic rings. The molecule has 88 valence electrons. The highest BCUT2D eigenvalue weighted by Crippen LogP contribution is 2.11. The molecule has 0 bridgehead atoms. The smallest absolute Gasteiger partial charge is 0.226 e. The average Bonchev–Trinajstić information content (AvgIpc) is 2.24. The zero-order chi connectivity index (χ0) is 11.8. The summed E-state index contributed by atoms with van der Waals surface area (Å²) in [5.74, 6) is -0.0848. The fourth-order valence-electron chi connectivity index (χ4n) is 1.11. The summed E-state index contributed by atoms with van der Waals surface area (Å²) in [5.41, 5.74) is 0.653. The van der Waals surface area contributed by atoms with Crippen molar-refractivity contribution in [3.8, 4) is 0 Å². The van der Waals surface area contributed by atoms with Gasteiger partial charge in [-0.2, -0.15) is 0 Å². The monoisotopic (exact) mass is 242 g/mol. The van der Waals surface area contributed by atoms with Crippen molar-refractivity contribution in [2.24, 2.45) is 0 Å². The van der Waals surface area contributed by atoms with Gasteiger partial charge in [-0.1, -0.05) is 18.5 Å². The van der Waals surface area contributed by atoms with E-state index in [1.165, 1.54) is 0 Å². The van der Waals surface area contributed by atoms with E-state index in [-0.39, 0.29) is 5.91 Å². The van der Waals surface area contributed by atoms with Gasteiger partial charge in [0, 0.05) is 18.5 Å². The largest absolute Gasteiger partial charge is 0.381 e. The number of amides is 1. The Labute approximate surface area is 100.0 Å². The van der Waals surface area contributed by atoms with Crippen LogP contribution in [0.15, 0.2) is 18.3 Å². The van der Waals surface area contributed by atoms with Crippen LogP contribution in [-0.4, -0.2) is 24.1 Å². The fraction of sp³-hybridized carbons (Fsp3) is 0.455. The third kappa shape index (κ3) is 5.09. The molecule has 0 fully saturated rings. The summed E-state index contributed by atoms with van der Waals surface area (Å²) in [7, 11) is 0. The molecule has 0 saturated carbocycles. The number of carbonyl (C=O) groups is 1. The molecule has 0 atom stereocenters. The van der Waals surface area contributed by atoms with Crippen LogP contribution in [0.5, 0.6) is 0 Å². The molecule has 4 nitrogen and oxygen atoms in total. The van der Waals surface area contributed by atoms with Gasteiger partial charge >= 0.3 is 0 Å². The van der Waals surface area contributed by atoms with Gasteiger partial charge in [-0.25, -0.2) is 4.98 Å². The molecule has 0 saturated heterocycles. The predicted molar refractivity (Wildman–Crippen MR) is 63.6 cm³/mol. The second-order valence-electron chi connectivity index (χ2n) is 3.28. The lowest BCUT2D eigenvalue weighted by molar-refractivity contribution is -0.117. The Bertz CT molecular complexity index is 345. The van der Waals surface area contributed by atoms with Crippen molar-refractivity contribution in [3.05, 3.63) is 23.5 Å². The maximum atomic E-state index is 11.4. The van der Waals surface area contributed by atoms with Gasteiger partial charge in [-0.15, -0.1) is 0 Å². The average molecular weight is 243 g/mol. The molecule has 1 amide bonds. The molecular formula is C11H15ClN2O2. The maximum Gasteiger partial charge on any atom is 0.226 e. The van der Waals surface area contributed by atoms with Gasteiger partial charge in [0.2, 0.25) is 5.91 Å². The van der Waals surface area contributed by atoms with E-state index in [1.54, 1.807) is 18.3 Å². The van der Waals surface area contributed by atoms with E-state index in [0.717, 1.165) is 6.42 Å². The van der Waals surface area contributed by atoms with Crippen LogP contribution in [0.3, 0.4) is 0 Å². The van der Waals surface area contributed by atoms with Gasteiger partial charge in [0.05, 0.1) is 13.0 Å². The van der Waals surface area contributed by atoms with Crippen LogP contribution in [0.4, 0.5) is 5.69 Å². The van der Waals surface area contributed by atoms with E-state index in [1.807, 2.05) is 6.92 Å². The summed E-state index contributed by atoms with van der Waals surface area (Å²) in [6.07, 6.45) is 2.85. The molecule has 1 N–H and O–H groups in total. The second-order valence-corrected chi connectivity index (χ2v) is 3.67. The number of carbonyl (C=O) groups excluding carboxylic acids is 1. The molecule has 16 heavy (non-hydrogen) atoms. The zero-order valence-electron chi connectivity index (χ0n) is 9.20. The Hall–Kier alpha value is -1.13. The normalized spacial score (nSPS) is 10.1. The van der Waals surface area contributed by atoms with Crippen molar-refractivity contribution in [2.75, 3.05) is 18.5 Å². The number of rotatable bonds is 6. The first-order valence-corrected chi connectivity index (χ1v) is 5.59. The highest BCUT2D eigenvalue weighted by molar-refractivity contribution is 6.29. The molecule has 1 rings (SSSR count). The summed E-state index contributed by atoms with van der Waals surface area (Å²) in [6.45, 7) is 3.16. The van der Waals surface area contributed by atoms with Gasteiger partial charge in [-0.3, -0.25) is 4.79 Å². The van der Waals surface area contributed by atoms with Crippen molar-refractivity contribution in [2.45, 2.75) is 19.8 Å². The molecule has 1 aromatic rings. The molecule has 0 unspecified atom stereocenters. The molecule has 0 aliphatic carbocycles. The van der Waals surface area contributed by atoms with E-state index in [4.69, 9.17) is 16.3 Å². The van der Waals surface area contributed by atoms with Crippen LogP contribution in [-0.2, 0) is 9.53 Å². The van der Waals surface area contributed by atoms with Crippen LogP contribution in [0, 0.1) is 0 Å². The highest BCUT2D eigenvalue weighted by atomic mass is 35.5. The summed E-state index contributed by atoms with van der Waals surface area (Å²) in [4.78, 5) is 15.3. The zero-order valence-corrected chi connectivity index (χ0v) is 9.96. The van der Waals surface area contributed by atoms with Crippen LogP contribution in [0.25, 0.3) is 0 Å². The maximum absolute atomic E-state index is 11.4. The molecule has 1 heterocycles. The van der Waals surface area contributed by atoms with Crippen molar-refractivity contribution in [1.29, 1.82) is 0 Å². The summed E-state index contributed by atoms with van der Waals surface area (Å²) < 4.78 is 5.22. The highest BCUT2D eigenvalue weighted by Gasteiger charge is 2.02. The third-order valence-electron chi connectivity index (χ3n) is 1.83. The molecule has 1 aromatic heterocycles. The SMILES string of the molecule is CCCOCCC(=O)Nc1ccnc(Cl)c1. The van der Waals surface area contributed by atoms with Crippen molar-refractivity contribution in [3.63, 3.8) is 0 Å². The first-order valence-electron chi connectivity index (χ1n) is 5.21. The quantitative estimate of drug-likeness (QED) is 0.616. The minimum absolute atomic E-state index is 0.0848. The van der Waals surface area contributed by atoms with Crippen LogP contribution >= 0.6 is 11.6 Å². The van der Waals surface area contributed by atoms with E-state index >= 15 is 0 Å². The number of anilines is 1. The number of nitrogens with zero attached hydrogens (tertiary/aromatic N) is 1. The minimum Gasteiger partial charge on any atom is -0.381 e. The lowest BCUT2D eigenvalue weighted by Crippen LogP contribution is -2.14. The molecule has 0 aromatic carbocycles. The Morgan fingerprint density at radius 1 is 1.56 bits per heavy atom. The second kappa shape index (κ2) is 7.19. The van der Waals surface area contributed by atoms with Gasteiger partial charge in [0.1, 0.15) is 5.15 Å². The fourth-order valence-corrected chi connectivity index (χ4v) is 1.29. The lowest BCUT2D eigenvalue weighted by atomic mass is 10.3. The molecule has 5 heteroatoms. The number of ether oxygens (including phenoxy) is 1. The molecule has 0 spiro atoms. The Kier molecular flexibility index (Phi) is 5.82. The van der Waals surface area contributed by atoms with Crippen LogP contribution in [0.1, 0.15) is 19.8 Å². The molecule has 0 radical (unpaired) electrons. The van der Waals surface area contributed by atoms with Gasteiger partial charge < -0.3 is 10.1 Å². The standard InChI is InChI=1S/C11H15ClN2O2/c1-2-6-16-7-4-11(15)14-9-3-5-13-10(12)8-9/h3,5,8H,2,4,6-7H2,1H3,(H,13,14,15). The Morgan fingerprint density at radius 3 is 3.06 bits per heavy atom. The number of halogens is 1. The summed E-state index contributed by atoms with van der Waals surface area (Å²) in [6, 6.07) is 3.29. The van der Waals surface area contributed by atoms with Crippen molar-refractivity contribution >= 4 is 23.2 Å². The van der Waals surface area contributed by atoms with E-state index in [0.29, 0.717) is 30.5 Å². The van der Waals surface area contributed by atoms with E-state index in [9.17, 15) is 4.79 Å². The topological polar surface area (TPSA) is 51.2 Å². The van der Waals surface area contributed by atoms with Gasteiger partial charge in [0.15, 0.2) is 0 Å². The number of hydrogen-bond donors (Lipinski definition) is 1.